The lowest BCUT2D eigenvalue weighted by atomic mass is 9.86. The third-order valence-corrected chi connectivity index (χ3v) is 3.96. The van der Waals surface area contributed by atoms with Crippen molar-refractivity contribution in [3.05, 3.63) is 107 Å². The van der Waals surface area contributed by atoms with Gasteiger partial charge in [0, 0.05) is 0 Å². The van der Waals surface area contributed by atoms with Crippen molar-refractivity contribution in [3.63, 3.8) is 0 Å². The number of rotatable bonds is 4. The van der Waals surface area contributed by atoms with Crippen molar-refractivity contribution in [1.29, 1.82) is 0 Å². The van der Waals surface area contributed by atoms with Crippen molar-refractivity contribution >= 4 is 0 Å². The van der Waals surface area contributed by atoms with Crippen molar-refractivity contribution in [2.45, 2.75) is 19.3 Å². The molecule has 0 radical (unpaired) electrons. The highest BCUT2D eigenvalue weighted by molar-refractivity contribution is 5.48. The SMILES string of the molecule is C=C1CC=CC(Cc2ccccc2)=C1Cc1ccccc1. The molecule has 0 aromatic heterocycles. The van der Waals surface area contributed by atoms with E-state index in [4.69, 9.17) is 0 Å². The van der Waals surface area contributed by atoms with Gasteiger partial charge in [-0.25, -0.2) is 0 Å². The molecule has 0 heteroatoms. The van der Waals surface area contributed by atoms with Crippen LogP contribution in [0.5, 0.6) is 0 Å². The first-order chi connectivity index (χ1) is 10.3. The molecule has 1 aliphatic rings. The lowest BCUT2D eigenvalue weighted by Gasteiger charge is -2.19. The van der Waals surface area contributed by atoms with E-state index in [2.05, 4.69) is 79.4 Å². The van der Waals surface area contributed by atoms with Crippen LogP contribution in [0.25, 0.3) is 0 Å². The molecule has 0 atom stereocenters. The average Bonchev–Trinajstić information content (AvgIpc) is 2.53. The highest BCUT2D eigenvalue weighted by Crippen LogP contribution is 2.28. The first-order valence-corrected chi connectivity index (χ1v) is 7.47. The van der Waals surface area contributed by atoms with Crippen LogP contribution in [0, 0.1) is 0 Å². The van der Waals surface area contributed by atoms with Gasteiger partial charge in [-0.1, -0.05) is 79.4 Å². The van der Waals surface area contributed by atoms with E-state index in [-0.39, 0.29) is 0 Å². The first kappa shape index (κ1) is 13.6. The Morgan fingerprint density at radius 3 is 1.95 bits per heavy atom. The normalized spacial score (nSPS) is 14.6. The van der Waals surface area contributed by atoms with Gasteiger partial charge in [0.1, 0.15) is 0 Å². The maximum absolute atomic E-state index is 4.27. The van der Waals surface area contributed by atoms with Crippen LogP contribution in [0.4, 0.5) is 0 Å². The van der Waals surface area contributed by atoms with E-state index in [1.807, 2.05) is 0 Å². The first-order valence-electron chi connectivity index (χ1n) is 7.47. The highest BCUT2D eigenvalue weighted by atomic mass is 14.2. The molecule has 2 aromatic carbocycles. The Kier molecular flexibility index (Phi) is 4.16. The fourth-order valence-corrected chi connectivity index (χ4v) is 2.81. The Labute approximate surface area is 127 Å². The van der Waals surface area contributed by atoms with Gasteiger partial charge in [0.2, 0.25) is 0 Å². The fourth-order valence-electron chi connectivity index (χ4n) is 2.81. The van der Waals surface area contributed by atoms with Crippen molar-refractivity contribution in [2.75, 3.05) is 0 Å². The third kappa shape index (κ3) is 3.41. The quantitative estimate of drug-likeness (QED) is 0.710. The maximum Gasteiger partial charge on any atom is -0.00203 e. The van der Waals surface area contributed by atoms with E-state index in [1.165, 1.54) is 27.8 Å². The van der Waals surface area contributed by atoms with E-state index in [0.717, 1.165) is 19.3 Å². The molecule has 3 rings (SSSR count). The molecule has 0 nitrogen and oxygen atoms in total. The monoisotopic (exact) mass is 272 g/mol. The molecule has 0 heterocycles. The van der Waals surface area contributed by atoms with Crippen LogP contribution in [0.15, 0.2) is 96.1 Å². The van der Waals surface area contributed by atoms with Gasteiger partial charge in [-0.3, -0.25) is 0 Å². The molecule has 0 unspecified atom stereocenters. The lowest BCUT2D eigenvalue weighted by Crippen LogP contribution is -2.04. The summed E-state index contributed by atoms with van der Waals surface area (Å²) in [5.74, 6) is 0. The van der Waals surface area contributed by atoms with Gasteiger partial charge in [0.05, 0.1) is 0 Å². The van der Waals surface area contributed by atoms with E-state index >= 15 is 0 Å². The summed E-state index contributed by atoms with van der Waals surface area (Å²) in [4.78, 5) is 0. The zero-order valence-electron chi connectivity index (χ0n) is 12.3. The molecular formula is C21H20. The smallest absolute Gasteiger partial charge is 0.00203 e. The van der Waals surface area contributed by atoms with Gasteiger partial charge in [0.15, 0.2) is 0 Å². The summed E-state index contributed by atoms with van der Waals surface area (Å²) in [6, 6.07) is 21.3. The standard InChI is InChI=1S/C21H20/c1-17-9-8-14-20(15-18-10-4-2-5-11-18)21(17)16-19-12-6-3-7-13-19/h2-8,10-14H,1,9,15-16H2. The molecular weight excluding hydrogens is 252 g/mol. The van der Waals surface area contributed by atoms with Crippen molar-refractivity contribution in [1.82, 2.24) is 0 Å². The fraction of sp³-hybridized carbons (Fsp3) is 0.143. The van der Waals surface area contributed by atoms with Crippen LogP contribution in [0.1, 0.15) is 17.5 Å². The number of hydrogen-bond donors (Lipinski definition) is 0. The molecule has 0 saturated heterocycles. The molecule has 0 N–H and O–H groups in total. The van der Waals surface area contributed by atoms with Crippen LogP contribution in [0.2, 0.25) is 0 Å². The summed E-state index contributed by atoms with van der Waals surface area (Å²) in [7, 11) is 0. The largest absolute Gasteiger partial charge is 0.0952 e. The second-order valence-electron chi connectivity index (χ2n) is 5.54. The number of benzene rings is 2. The summed E-state index contributed by atoms with van der Waals surface area (Å²) in [6.07, 6.45) is 7.44. The average molecular weight is 272 g/mol. The summed E-state index contributed by atoms with van der Waals surface area (Å²) in [6.45, 7) is 4.27. The maximum atomic E-state index is 4.27. The Morgan fingerprint density at radius 2 is 1.33 bits per heavy atom. The molecule has 2 aromatic rings. The lowest BCUT2D eigenvalue weighted by molar-refractivity contribution is 1.02. The predicted molar refractivity (Wildman–Crippen MR) is 90.2 cm³/mol. The third-order valence-electron chi connectivity index (χ3n) is 3.96. The van der Waals surface area contributed by atoms with Crippen LogP contribution in [0.3, 0.4) is 0 Å². The van der Waals surface area contributed by atoms with Gasteiger partial charge < -0.3 is 0 Å². The van der Waals surface area contributed by atoms with Crippen LogP contribution >= 0.6 is 0 Å². The Balaban J connectivity index is 1.90. The second-order valence-corrected chi connectivity index (χ2v) is 5.54. The zero-order valence-corrected chi connectivity index (χ0v) is 12.3. The molecule has 0 spiro atoms. The van der Waals surface area contributed by atoms with Crippen LogP contribution < -0.4 is 0 Å². The summed E-state index contributed by atoms with van der Waals surface area (Å²) in [5.41, 5.74) is 6.79. The summed E-state index contributed by atoms with van der Waals surface area (Å²) in [5, 5.41) is 0. The molecule has 0 bridgehead atoms. The molecule has 0 aliphatic heterocycles. The van der Waals surface area contributed by atoms with Crippen LogP contribution in [-0.2, 0) is 12.8 Å². The highest BCUT2D eigenvalue weighted by Gasteiger charge is 2.13. The van der Waals surface area contributed by atoms with E-state index in [0.29, 0.717) is 0 Å². The van der Waals surface area contributed by atoms with Crippen molar-refractivity contribution < 1.29 is 0 Å². The Hall–Kier alpha value is -2.34. The minimum atomic E-state index is 0.973. The van der Waals surface area contributed by atoms with E-state index in [1.54, 1.807) is 0 Å². The van der Waals surface area contributed by atoms with Gasteiger partial charge in [-0.15, -0.1) is 0 Å². The van der Waals surface area contributed by atoms with Crippen molar-refractivity contribution in [3.8, 4) is 0 Å². The number of allylic oxidation sites excluding steroid dienone is 5. The minimum absolute atomic E-state index is 0.973. The van der Waals surface area contributed by atoms with Gasteiger partial charge in [-0.2, -0.15) is 0 Å². The minimum Gasteiger partial charge on any atom is -0.0952 e. The molecule has 0 amide bonds. The zero-order chi connectivity index (χ0) is 14.5. The molecule has 21 heavy (non-hydrogen) atoms. The topological polar surface area (TPSA) is 0 Å². The van der Waals surface area contributed by atoms with E-state index in [9.17, 15) is 0 Å². The molecule has 104 valence electrons. The molecule has 0 saturated carbocycles. The Bertz CT molecular complexity index is 672. The van der Waals surface area contributed by atoms with Gasteiger partial charge >= 0.3 is 0 Å². The van der Waals surface area contributed by atoms with Gasteiger partial charge in [0.25, 0.3) is 0 Å². The predicted octanol–water partition coefficient (Wildman–Crippen LogP) is 5.28. The summed E-state index contributed by atoms with van der Waals surface area (Å²) >= 11 is 0. The van der Waals surface area contributed by atoms with Crippen LogP contribution in [-0.4, -0.2) is 0 Å². The molecule has 0 fully saturated rings. The summed E-state index contributed by atoms with van der Waals surface area (Å²) < 4.78 is 0. The molecule has 1 aliphatic carbocycles. The second kappa shape index (κ2) is 6.41. The van der Waals surface area contributed by atoms with E-state index < -0.39 is 0 Å². The Morgan fingerprint density at radius 1 is 0.762 bits per heavy atom. The number of hydrogen-bond acceptors (Lipinski definition) is 0. The van der Waals surface area contributed by atoms with Crippen molar-refractivity contribution in [2.24, 2.45) is 0 Å². The van der Waals surface area contributed by atoms with Gasteiger partial charge in [-0.05, 0) is 47.1 Å².